The van der Waals surface area contributed by atoms with Crippen LogP contribution in [0.5, 0.6) is 0 Å². The van der Waals surface area contributed by atoms with Crippen LogP contribution < -0.4 is 10.6 Å². The zero-order valence-electron chi connectivity index (χ0n) is 12.6. The molecule has 1 aromatic rings. The van der Waals surface area contributed by atoms with Gasteiger partial charge in [0, 0.05) is 6.04 Å². The summed E-state index contributed by atoms with van der Waals surface area (Å²) in [5.74, 6) is 1.22. The Morgan fingerprint density at radius 2 is 2.29 bits per heavy atom. The van der Waals surface area contributed by atoms with Gasteiger partial charge in [-0.2, -0.15) is 4.98 Å². The maximum Gasteiger partial charge on any atom is 0.292 e. The van der Waals surface area contributed by atoms with E-state index in [1.807, 2.05) is 0 Å². The second kappa shape index (κ2) is 6.56. The van der Waals surface area contributed by atoms with Crippen LogP contribution in [-0.2, 0) is 0 Å². The average molecular weight is 292 g/mol. The third-order valence-electron chi connectivity index (χ3n) is 4.70. The van der Waals surface area contributed by atoms with E-state index in [1.54, 1.807) is 0 Å². The summed E-state index contributed by atoms with van der Waals surface area (Å²) in [6, 6.07) is 0.362. The van der Waals surface area contributed by atoms with Gasteiger partial charge in [-0.15, -0.1) is 0 Å². The monoisotopic (exact) mass is 292 g/mol. The molecule has 2 aliphatic rings. The van der Waals surface area contributed by atoms with Crippen LogP contribution in [0.2, 0.25) is 0 Å². The molecule has 3 rings (SSSR count). The summed E-state index contributed by atoms with van der Waals surface area (Å²) in [6.45, 7) is 3.18. The van der Waals surface area contributed by atoms with E-state index in [0.29, 0.717) is 5.89 Å². The number of hydrogen-bond donors (Lipinski definition) is 2. The number of amides is 1. The van der Waals surface area contributed by atoms with Crippen molar-refractivity contribution in [2.75, 3.05) is 6.54 Å². The van der Waals surface area contributed by atoms with Crippen LogP contribution in [0.3, 0.4) is 0 Å². The number of nitrogens with zero attached hydrogens (tertiary/aromatic N) is 2. The van der Waals surface area contributed by atoms with Crippen molar-refractivity contribution in [3.8, 4) is 0 Å². The lowest BCUT2D eigenvalue weighted by Crippen LogP contribution is -2.38. The Morgan fingerprint density at radius 3 is 3.05 bits per heavy atom. The van der Waals surface area contributed by atoms with E-state index in [2.05, 4.69) is 27.7 Å². The van der Waals surface area contributed by atoms with Crippen LogP contribution in [-0.4, -0.2) is 28.6 Å². The largest absolute Gasteiger partial charge is 0.346 e. The fraction of sp³-hybridized carbons (Fsp3) is 0.800. The Kier molecular flexibility index (Phi) is 4.53. The Hall–Kier alpha value is -1.43. The lowest BCUT2D eigenvalue weighted by molar-refractivity contribution is 0.0905. The Bertz CT molecular complexity index is 482. The van der Waals surface area contributed by atoms with Gasteiger partial charge in [0.1, 0.15) is 0 Å². The van der Waals surface area contributed by atoms with E-state index in [9.17, 15) is 4.79 Å². The lowest BCUT2D eigenvalue weighted by atomic mass is 9.84. The molecule has 0 radical (unpaired) electrons. The van der Waals surface area contributed by atoms with Crippen molar-refractivity contribution in [1.82, 2.24) is 20.8 Å². The molecule has 21 heavy (non-hydrogen) atoms. The smallest absolute Gasteiger partial charge is 0.292 e. The molecule has 0 aromatic carbocycles. The maximum absolute atomic E-state index is 12.2. The molecule has 116 valence electrons. The fourth-order valence-corrected chi connectivity index (χ4v) is 3.41. The van der Waals surface area contributed by atoms with Gasteiger partial charge >= 0.3 is 0 Å². The summed E-state index contributed by atoms with van der Waals surface area (Å²) in [5.41, 5.74) is 0. The van der Waals surface area contributed by atoms with Gasteiger partial charge in [0.15, 0.2) is 0 Å². The van der Waals surface area contributed by atoms with Crippen molar-refractivity contribution in [2.24, 2.45) is 5.92 Å². The number of rotatable bonds is 4. The lowest BCUT2D eigenvalue weighted by Gasteiger charge is -2.28. The predicted octanol–water partition coefficient (Wildman–Crippen LogP) is 2.19. The molecule has 1 aromatic heterocycles. The second-order valence-corrected chi connectivity index (χ2v) is 6.22. The first-order valence-corrected chi connectivity index (χ1v) is 8.14. The molecule has 1 saturated carbocycles. The zero-order valence-corrected chi connectivity index (χ0v) is 12.6. The molecular weight excluding hydrogens is 268 g/mol. The number of aromatic nitrogens is 2. The van der Waals surface area contributed by atoms with Crippen LogP contribution >= 0.6 is 0 Å². The third kappa shape index (κ3) is 3.43. The number of carbonyl (C=O) groups is 1. The Morgan fingerprint density at radius 1 is 1.38 bits per heavy atom. The van der Waals surface area contributed by atoms with E-state index >= 15 is 0 Å². The third-order valence-corrected chi connectivity index (χ3v) is 4.70. The topological polar surface area (TPSA) is 80.0 Å². The van der Waals surface area contributed by atoms with E-state index in [0.717, 1.165) is 38.1 Å². The van der Waals surface area contributed by atoms with Crippen LogP contribution in [0.4, 0.5) is 0 Å². The molecule has 6 nitrogen and oxygen atoms in total. The molecule has 2 N–H and O–H groups in total. The van der Waals surface area contributed by atoms with Gasteiger partial charge < -0.3 is 15.2 Å². The predicted molar refractivity (Wildman–Crippen MR) is 77.8 cm³/mol. The molecule has 3 unspecified atom stereocenters. The minimum Gasteiger partial charge on any atom is -0.346 e. The quantitative estimate of drug-likeness (QED) is 0.889. The summed E-state index contributed by atoms with van der Waals surface area (Å²) in [7, 11) is 0. The van der Waals surface area contributed by atoms with Crippen molar-refractivity contribution in [3.63, 3.8) is 0 Å². The molecule has 0 spiro atoms. The standard InChI is InChI=1S/C15H24N4O2/c1-2-10-5-3-6-11(9-10)17-14(20)13-18-15(21-19-13)12-7-4-8-16-12/h10-12,16H,2-9H2,1H3,(H,17,20). The Labute approximate surface area is 125 Å². The summed E-state index contributed by atoms with van der Waals surface area (Å²) in [4.78, 5) is 16.5. The summed E-state index contributed by atoms with van der Waals surface area (Å²) >= 11 is 0. The van der Waals surface area contributed by atoms with Crippen LogP contribution in [0.1, 0.15) is 74.4 Å². The SMILES string of the molecule is CCC1CCCC(NC(=O)c2noc(C3CCCN3)n2)C1. The van der Waals surface area contributed by atoms with E-state index < -0.39 is 0 Å². The van der Waals surface area contributed by atoms with Crippen molar-refractivity contribution in [3.05, 3.63) is 11.7 Å². The van der Waals surface area contributed by atoms with Crippen LogP contribution in [0.15, 0.2) is 4.52 Å². The van der Waals surface area contributed by atoms with Gasteiger partial charge in [0.25, 0.3) is 11.7 Å². The molecule has 2 fully saturated rings. The highest BCUT2D eigenvalue weighted by Gasteiger charge is 2.27. The maximum atomic E-state index is 12.2. The minimum atomic E-state index is -0.204. The number of hydrogen-bond acceptors (Lipinski definition) is 5. The van der Waals surface area contributed by atoms with Crippen molar-refractivity contribution < 1.29 is 9.32 Å². The minimum absolute atomic E-state index is 0.109. The normalized spacial score (nSPS) is 29.5. The molecule has 6 heteroatoms. The average Bonchev–Trinajstić information content (AvgIpc) is 3.18. The van der Waals surface area contributed by atoms with Crippen LogP contribution in [0.25, 0.3) is 0 Å². The molecule has 0 bridgehead atoms. The highest BCUT2D eigenvalue weighted by atomic mass is 16.5. The molecule has 1 amide bonds. The molecular formula is C15H24N4O2. The molecule has 1 aliphatic carbocycles. The van der Waals surface area contributed by atoms with Gasteiger partial charge in [-0.1, -0.05) is 31.3 Å². The van der Waals surface area contributed by atoms with Gasteiger partial charge in [-0.25, -0.2) is 0 Å². The summed E-state index contributed by atoms with van der Waals surface area (Å²) in [5, 5.41) is 10.2. The van der Waals surface area contributed by atoms with Gasteiger partial charge in [-0.3, -0.25) is 4.79 Å². The first kappa shape index (κ1) is 14.5. The zero-order chi connectivity index (χ0) is 14.7. The molecule has 1 aliphatic heterocycles. The number of nitrogens with one attached hydrogen (secondary N) is 2. The van der Waals surface area contributed by atoms with Crippen molar-refractivity contribution >= 4 is 5.91 Å². The molecule has 2 heterocycles. The fourth-order valence-electron chi connectivity index (χ4n) is 3.41. The van der Waals surface area contributed by atoms with Gasteiger partial charge in [-0.05, 0) is 38.1 Å². The van der Waals surface area contributed by atoms with Gasteiger partial charge in [0.2, 0.25) is 5.89 Å². The van der Waals surface area contributed by atoms with Crippen LogP contribution in [0, 0.1) is 5.92 Å². The molecule has 1 saturated heterocycles. The van der Waals surface area contributed by atoms with E-state index in [1.165, 1.54) is 19.3 Å². The highest BCUT2D eigenvalue weighted by molar-refractivity contribution is 5.90. The highest BCUT2D eigenvalue weighted by Crippen LogP contribution is 2.26. The van der Waals surface area contributed by atoms with Gasteiger partial charge in [0.05, 0.1) is 6.04 Å². The Balaban J connectivity index is 1.57. The summed E-state index contributed by atoms with van der Waals surface area (Å²) in [6.07, 6.45) is 7.87. The first-order chi connectivity index (χ1) is 10.3. The van der Waals surface area contributed by atoms with E-state index in [4.69, 9.17) is 4.52 Å². The second-order valence-electron chi connectivity index (χ2n) is 6.22. The first-order valence-electron chi connectivity index (χ1n) is 8.14. The van der Waals surface area contributed by atoms with Crippen molar-refractivity contribution in [2.45, 2.75) is 64.0 Å². The van der Waals surface area contributed by atoms with Crippen molar-refractivity contribution in [1.29, 1.82) is 0 Å². The van der Waals surface area contributed by atoms with E-state index in [-0.39, 0.29) is 23.8 Å². The number of carbonyl (C=O) groups excluding carboxylic acids is 1. The summed E-state index contributed by atoms with van der Waals surface area (Å²) < 4.78 is 5.22. The molecule has 3 atom stereocenters.